The predicted octanol–water partition coefficient (Wildman–Crippen LogP) is 1.94. The number of nitrogens with zero attached hydrogens (tertiary/aromatic N) is 1. The minimum Gasteiger partial charge on any atom is -0.410 e. The Morgan fingerprint density at radius 2 is 1.80 bits per heavy atom. The maximum absolute atomic E-state index is 11.6. The first-order valence-corrected chi connectivity index (χ1v) is 4.47. The summed E-state index contributed by atoms with van der Waals surface area (Å²) >= 11 is 5.63. The summed E-state index contributed by atoms with van der Waals surface area (Å²) in [7, 11) is 0. The third-order valence-electron chi connectivity index (χ3n) is 1.75. The van der Waals surface area contributed by atoms with Crippen LogP contribution >= 0.6 is 11.6 Å². The minimum absolute atomic E-state index is 0.252. The van der Waals surface area contributed by atoms with Crippen molar-refractivity contribution in [2.75, 3.05) is 0 Å². The molecule has 1 aromatic rings. The fraction of sp³-hybridized carbons (Fsp3) is 0.100. The van der Waals surface area contributed by atoms with E-state index in [9.17, 15) is 9.59 Å². The molecule has 0 aliphatic heterocycles. The summed E-state index contributed by atoms with van der Waals surface area (Å²) < 4.78 is 0. The molecule has 0 aromatic heterocycles. The van der Waals surface area contributed by atoms with Crippen molar-refractivity contribution in [1.82, 2.24) is 0 Å². The second-order valence-corrected chi connectivity index (χ2v) is 3.28. The summed E-state index contributed by atoms with van der Waals surface area (Å²) in [5.41, 5.74) is -0.236. The molecule has 78 valence electrons. The summed E-state index contributed by atoms with van der Waals surface area (Å²) in [5.74, 6) is -1.21. The highest BCUT2D eigenvalue weighted by atomic mass is 35.5. The van der Waals surface area contributed by atoms with Gasteiger partial charge in [-0.2, -0.15) is 0 Å². The monoisotopic (exact) mass is 225 g/mol. The normalized spacial score (nSPS) is 11.2. The van der Waals surface area contributed by atoms with Crippen LogP contribution in [0.25, 0.3) is 0 Å². The molecule has 0 fully saturated rings. The van der Waals surface area contributed by atoms with Crippen LogP contribution in [0.1, 0.15) is 17.3 Å². The summed E-state index contributed by atoms with van der Waals surface area (Å²) in [6, 6.07) is 5.95. The number of benzene rings is 1. The highest BCUT2D eigenvalue weighted by Gasteiger charge is 2.18. The lowest BCUT2D eigenvalue weighted by molar-refractivity contribution is -0.111. The maximum atomic E-state index is 11.6. The van der Waals surface area contributed by atoms with Crippen molar-refractivity contribution >= 4 is 28.9 Å². The number of hydrogen-bond donors (Lipinski definition) is 1. The van der Waals surface area contributed by atoms with Crippen molar-refractivity contribution in [1.29, 1.82) is 0 Å². The first-order valence-electron chi connectivity index (χ1n) is 4.09. The number of carbonyl (C=O) groups excluding carboxylic acids is 2. The molecule has 0 bridgehead atoms. The van der Waals surface area contributed by atoms with Gasteiger partial charge in [-0.05, 0) is 24.3 Å². The molecule has 0 aliphatic rings. The van der Waals surface area contributed by atoms with Crippen molar-refractivity contribution in [3.8, 4) is 0 Å². The molecular weight excluding hydrogens is 218 g/mol. The molecule has 0 atom stereocenters. The van der Waals surface area contributed by atoms with Crippen LogP contribution in [0.3, 0.4) is 0 Å². The first kappa shape index (κ1) is 11.4. The van der Waals surface area contributed by atoms with Gasteiger partial charge in [-0.15, -0.1) is 0 Å². The number of carbonyl (C=O) groups is 2. The van der Waals surface area contributed by atoms with Crippen LogP contribution in [0.15, 0.2) is 29.4 Å². The van der Waals surface area contributed by atoms with E-state index in [0.717, 1.165) is 6.92 Å². The molecule has 15 heavy (non-hydrogen) atoms. The number of Topliss-reactive ketones (excluding diaryl/α,β-unsaturated/α-hetero) is 2. The Kier molecular flexibility index (Phi) is 3.57. The van der Waals surface area contributed by atoms with Gasteiger partial charge in [0, 0.05) is 17.5 Å². The third kappa shape index (κ3) is 2.63. The van der Waals surface area contributed by atoms with Crippen molar-refractivity contribution in [2.45, 2.75) is 6.92 Å². The van der Waals surface area contributed by atoms with Crippen molar-refractivity contribution < 1.29 is 14.8 Å². The van der Waals surface area contributed by atoms with E-state index in [4.69, 9.17) is 16.8 Å². The number of rotatable bonds is 3. The summed E-state index contributed by atoms with van der Waals surface area (Å²) in [5, 5.41) is 11.7. The minimum atomic E-state index is -0.623. The molecule has 5 heteroatoms. The lowest BCUT2D eigenvalue weighted by atomic mass is 10.1. The number of ketones is 2. The van der Waals surface area contributed by atoms with Crippen LogP contribution < -0.4 is 0 Å². The molecule has 1 rings (SSSR count). The zero-order valence-corrected chi connectivity index (χ0v) is 8.65. The Morgan fingerprint density at radius 3 is 2.20 bits per heavy atom. The Balaban J connectivity index is 3.04. The smallest absolute Gasteiger partial charge is 0.218 e. The van der Waals surface area contributed by atoms with E-state index in [1.807, 2.05) is 0 Å². The quantitative estimate of drug-likeness (QED) is 0.281. The highest BCUT2D eigenvalue weighted by Crippen LogP contribution is 2.10. The maximum Gasteiger partial charge on any atom is 0.218 e. The van der Waals surface area contributed by atoms with E-state index in [1.54, 1.807) is 0 Å². The standard InChI is InChI=1S/C10H8ClNO3/c1-6(13)9(12-15)10(14)7-2-4-8(11)5-3-7/h2-5,15H,1H3. The van der Waals surface area contributed by atoms with Gasteiger partial charge in [-0.1, -0.05) is 16.8 Å². The third-order valence-corrected chi connectivity index (χ3v) is 2.01. The summed E-state index contributed by atoms with van der Waals surface area (Å²) in [4.78, 5) is 22.5. The molecule has 0 amide bonds. The molecule has 0 heterocycles. The van der Waals surface area contributed by atoms with Crippen LogP contribution in [-0.4, -0.2) is 22.5 Å². The molecule has 0 radical (unpaired) electrons. The number of oxime groups is 1. The lowest BCUT2D eigenvalue weighted by Crippen LogP contribution is -2.21. The van der Waals surface area contributed by atoms with Gasteiger partial charge in [-0.3, -0.25) is 9.59 Å². The van der Waals surface area contributed by atoms with E-state index in [0.29, 0.717) is 5.02 Å². The van der Waals surface area contributed by atoms with Crippen molar-refractivity contribution in [3.05, 3.63) is 34.9 Å². The van der Waals surface area contributed by atoms with E-state index >= 15 is 0 Å². The molecule has 4 nitrogen and oxygen atoms in total. The average molecular weight is 226 g/mol. The van der Waals surface area contributed by atoms with Crippen LogP contribution in [-0.2, 0) is 4.79 Å². The van der Waals surface area contributed by atoms with E-state index in [-0.39, 0.29) is 5.56 Å². The second-order valence-electron chi connectivity index (χ2n) is 2.84. The Morgan fingerprint density at radius 1 is 1.27 bits per heavy atom. The van der Waals surface area contributed by atoms with Gasteiger partial charge in [0.1, 0.15) is 0 Å². The van der Waals surface area contributed by atoms with Crippen LogP contribution in [0.5, 0.6) is 0 Å². The molecule has 0 saturated carbocycles. The van der Waals surface area contributed by atoms with Gasteiger partial charge >= 0.3 is 0 Å². The van der Waals surface area contributed by atoms with Gasteiger partial charge in [0.05, 0.1) is 0 Å². The van der Waals surface area contributed by atoms with Crippen LogP contribution in [0.4, 0.5) is 0 Å². The topological polar surface area (TPSA) is 66.7 Å². The molecule has 0 saturated heterocycles. The molecule has 0 aliphatic carbocycles. The van der Waals surface area contributed by atoms with Crippen molar-refractivity contribution in [3.63, 3.8) is 0 Å². The van der Waals surface area contributed by atoms with Crippen molar-refractivity contribution in [2.24, 2.45) is 5.16 Å². The van der Waals surface area contributed by atoms with E-state index in [1.165, 1.54) is 24.3 Å². The zero-order valence-electron chi connectivity index (χ0n) is 7.90. The van der Waals surface area contributed by atoms with Gasteiger partial charge in [0.2, 0.25) is 5.78 Å². The predicted molar refractivity (Wildman–Crippen MR) is 55.7 cm³/mol. The summed E-state index contributed by atoms with van der Waals surface area (Å²) in [6.07, 6.45) is 0. The van der Waals surface area contributed by atoms with Gasteiger partial charge in [0.15, 0.2) is 11.5 Å². The molecule has 1 N–H and O–H groups in total. The van der Waals surface area contributed by atoms with E-state index in [2.05, 4.69) is 5.16 Å². The Labute approximate surface area is 91.2 Å². The van der Waals surface area contributed by atoms with Gasteiger partial charge in [-0.25, -0.2) is 0 Å². The first-order chi connectivity index (χ1) is 7.06. The molecule has 0 unspecified atom stereocenters. The van der Waals surface area contributed by atoms with E-state index < -0.39 is 17.3 Å². The number of halogens is 1. The molecule has 0 spiro atoms. The Bertz CT molecular complexity index is 423. The average Bonchev–Trinajstić information content (AvgIpc) is 2.19. The molecule has 1 aromatic carbocycles. The zero-order chi connectivity index (χ0) is 11.4. The van der Waals surface area contributed by atoms with Gasteiger partial charge in [0.25, 0.3) is 0 Å². The largest absolute Gasteiger partial charge is 0.410 e. The SMILES string of the molecule is CC(=O)C(=NO)C(=O)c1ccc(Cl)cc1. The Hall–Kier alpha value is -1.68. The summed E-state index contributed by atoms with van der Waals surface area (Å²) in [6.45, 7) is 1.16. The molecular formula is C10H8ClNO3. The number of hydrogen-bond acceptors (Lipinski definition) is 4. The highest BCUT2D eigenvalue weighted by molar-refractivity contribution is 6.68. The van der Waals surface area contributed by atoms with Gasteiger partial charge < -0.3 is 5.21 Å². The lowest BCUT2D eigenvalue weighted by Gasteiger charge is -1.99. The second kappa shape index (κ2) is 4.70. The fourth-order valence-electron chi connectivity index (χ4n) is 1.01. The van der Waals surface area contributed by atoms with Crippen LogP contribution in [0.2, 0.25) is 5.02 Å². The fourth-order valence-corrected chi connectivity index (χ4v) is 1.14. The van der Waals surface area contributed by atoms with Crippen LogP contribution in [0, 0.1) is 0 Å².